The van der Waals surface area contributed by atoms with Crippen LogP contribution in [0.25, 0.3) is 11.3 Å². The lowest BCUT2D eigenvalue weighted by Gasteiger charge is -2.06. The molecule has 0 fully saturated rings. The van der Waals surface area contributed by atoms with E-state index in [2.05, 4.69) is 29.1 Å². The van der Waals surface area contributed by atoms with Crippen LogP contribution >= 0.6 is 23.2 Å². The van der Waals surface area contributed by atoms with Crippen LogP contribution in [0.15, 0.2) is 24.4 Å². The number of H-pyrrole nitrogens is 1. The maximum Gasteiger partial charge on any atom is 0.106 e. The van der Waals surface area contributed by atoms with Gasteiger partial charge in [-0.1, -0.05) is 43.1 Å². The molecule has 108 valence electrons. The topological polar surface area (TPSA) is 40.7 Å². The first-order valence-corrected chi connectivity index (χ1v) is 7.54. The van der Waals surface area contributed by atoms with Crippen molar-refractivity contribution in [1.82, 2.24) is 15.3 Å². The summed E-state index contributed by atoms with van der Waals surface area (Å²) in [6.07, 6.45) is 3.83. The fourth-order valence-corrected chi connectivity index (χ4v) is 2.24. The monoisotopic (exact) mass is 311 g/mol. The first kappa shape index (κ1) is 15.4. The molecule has 2 N–H and O–H groups in total. The van der Waals surface area contributed by atoms with Gasteiger partial charge < -0.3 is 10.3 Å². The van der Waals surface area contributed by atoms with Crippen LogP contribution < -0.4 is 5.32 Å². The second-order valence-corrected chi connectivity index (χ2v) is 5.90. The molecular formula is C15H19Cl2N3. The zero-order valence-electron chi connectivity index (χ0n) is 11.7. The summed E-state index contributed by atoms with van der Waals surface area (Å²) in [7, 11) is 0. The minimum absolute atomic E-state index is 0.526. The Bertz CT molecular complexity index is 564. The van der Waals surface area contributed by atoms with Gasteiger partial charge in [-0.25, -0.2) is 4.98 Å². The van der Waals surface area contributed by atoms with Crippen molar-refractivity contribution in [2.75, 3.05) is 6.54 Å². The van der Waals surface area contributed by atoms with E-state index >= 15 is 0 Å². The van der Waals surface area contributed by atoms with Crippen molar-refractivity contribution in [2.45, 2.75) is 32.7 Å². The van der Waals surface area contributed by atoms with Crippen LogP contribution in [0.3, 0.4) is 0 Å². The Morgan fingerprint density at radius 2 is 2.05 bits per heavy atom. The van der Waals surface area contributed by atoms with Gasteiger partial charge in [-0.2, -0.15) is 0 Å². The lowest BCUT2D eigenvalue weighted by molar-refractivity contribution is 0.567. The maximum absolute atomic E-state index is 6.03. The molecule has 20 heavy (non-hydrogen) atoms. The number of nitrogens with one attached hydrogen (secondary N) is 2. The minimum atomic E-state index is 0.526. The molecule has 5 heteroatoms. The number of aryl methyl sites for hydroxylation is 1. The molecule has 1 heterocycles. The van der Waals surface area contributed by atoms with Crippen LogP contribution in [0.5, 0.6) is 0 Å². The molecule has 1 aromatic carbocycles. The maximum atomic E-state index is 6.03. The molecule has 0 aliphatic carbocycles. The quantitative estimate of drug-likeness (QED) is 0.780. The summed E-state index contributed by atoms with van der Waals surface area (Å²) in [6, 6.07) is 6.11. The molecule has 0 aliphatic rings. The van der Waals surface area contributed by atoms with Gasteiger partial charge in [-0.15, -0.1) is 0 Å². The normalized spacial score (nSPS) is 11.2. The predicted octanol–water partition coefficient (Wildman–Crippen LogP) is 4.31. The van der Waals surface area contributed by atoms with Gasteiger partial charge in [0.25, 0.3) is 0 Å². The van der Waals surface area contributed by atoms with Crippen LogP contribution in [-0.2, 0) is 6.42 Å². The Morgan fingerprint density at radius 3 is 2.75 bits per heavy atom. The van der Waals surface area contributed by atoms with Gasteiger partial charge in [0.1, 0.15) is 5.82 Å². The van der Waals surface area contributed by atoms with E-state index in [1.54, 1.807) is 6.07 Å². The molecule has 0 unspecified atom stereocenters. The van der Waals surface area contributed by atoms with Gasteiger partial charge in [-0.05, 0) is 25.1 Å². The molecule has 0 amide bonds. The summed E-state index contributed by atoms with van der Waals surface area (Å²) in [5.41, 5.74) is 1.97. The Kier molecular flexibility index (Phi) is 5.46. The highest BCUT2D eigenvalue weighted by atomic mass is 35.5. The SMILES string of the molecule is CC(C)NCCCc1ncc(-c2ccc(Cl)c(Cl)c2)[nH]1. The zero-order chi connectivity index (χ0) is 14.5. The average molecular weight is 312 g/mol. The molecule has 0 spiro atoms. The third kappa shape index (κ3) is 4.23. The zero-order valence-corrected chi connectivity index (χ0v) is 13.2. The molecule has 0 saturated carbocycles. The summed E-state index contributed by atoms with van der Waals surface area (Å²) in [5, 5.41) is 4.52. The number of rotatable bonds is 6. The average Bonchev–Trinajstić information content (AvgIpc) is 2.86. The summed E-state index contributed by atoms with van der Waals surface area (Å²) in [6.45, 7) is 5.30. The molecule has 0 radical (unpaired) electrons. The molecule has 0 saturated heterocycles. The fourth-order valence-electron chi connectivity index (χ4n) is 1.95. The smallest absolute Gasteiger partial charge is 0.106 e. The van der Waals surface area contributed by atoms with Crippen molar-refractivity contribution in [3.05, 3.63) is 40.3 Å². The van der Waals surface area contributed by atoms with Crippen molar-refractivity contribution >= 4 is 23.2 Å². The van der Waals surface area contributed by atoms with E-state index in [0.29, 0.717) is 16.1 Å². The van der Waals surface area contributed by atoms with Crippen molar-refractivity contribution < 1.29 is 0 Å². The summed E-state index contributed by atoms with van der Waals surface area (Å²) in [5.74, 6) is 0.997. The first-order chi connectivity index (χ1) is 9.56. The number of aromatic amines is 1. The van der Waals surface area contributed by atoms with Gasteiger partial charge in [0.2, 0.25) is 0 Å². The van der Waals surface area contributed by atoms with Crippen molar-refractivity contribution in [1.29, 1.82) is 0 Å². The Balaban J connectivity index is 1.96. The molecule has 2 rings (SSSR count). The van der Waals surface area contributed by atoms with E-state index in [-0.39, 0.29) is 0 Å². The first-order valence-electron chi connectivity index (χ1n) is 6.79. The highest BCUT2D eigenvalue weighted by molar-refractivity contribution is 6.42. The van der Waals surface area contributed by atoms with Crippen LogP contribution in [-0.4, -0.2) is 22.6 Å². The molecule has 3 nitrogen and oxygen atoms in total. The summed E-state index contributed by atoms with van der Waals surface area (Å²) >= 11 is 11.9. The number of benzene rings is 1. The second kappa shape index (κ2) is 7.11. The van der Waals surface area contributed by atoms with E-state index in [9.17, 15) is 0 Å². The van der Waals surface area contributed by atoms with E-state index < -0.39 is 0 Å². The van der Waals surface area contributed by atoms with Gasteiger partial charge >= 0.3 is 0 Å². The highest BCUT2D eigenvalue weighted by Crippen LogP contribution is 2.27. The van der Waals surface area contributed by atoms with Crippen LogP contribution in [0, 0.1) is 0 Å². The van der Waals surface area contributed by atoms with Crippen LogP contribution in [0.1, 0.15) is 26.1 Å². The molecule has 0 aliphatic heterocycles. The lowest BCUT2D eigenvalue weighted by Crippen LogP contribution is -2.24. The number of halogens is 2. The second-order valence-electron chi connectivity index (χ2n) is 5.08. The molecule has 2 aromatic rings. The molecule has 0 atom stereocenters. The number of nitrogens with zero attached hydrogens (tertiary/aromatic N) is 1. The summed E-state index contributed by atoms with van der Waals surface area (Å²) < 4.78 is 0. The van der Waals surface area contributed by atoms with Gasteiger partial charge in [0.15, 0.2) is 0 Å². The largest absolute Gasteiger partial charge is 0.342 e. The third-order valence-electron chi connectivity index (χ3n) is 3.00. The van der Waals surface area contributed by atoms with Crippen molar-refractivity contribution in [2.24, 2.45) is 0 Å². The Morgan fingerprint density at radius 1 is 1.25 bits per heavy atom. The Hall–Kier alpha value is -1.03. The highest BCUT2D eigenvalue weighted by Gasteiger charge is 2.06. The predicted molar refractivity (Wildman–Crippen MR) is 85.5 cm³/mol. The number of aromatic nitrogens is 2. The van der Waals surface area contributed by atoms with Crippen molar-refractivity contribution in [3.8, 4) is 11.3 Å². The van der Waals surface area contributed by atoms with Gasteiger partial charge in [0, 0.05) is 18.0 Å². The van der Waals surface area contributed by atoms with Gasteiger partial charge in [-0.3, -0.25) is 0 Å². The summed E-state index contributed by atoms with van der Waals surface area (Å²) in [4.78, 5) is 7.73. The van der Waals surface area contributed by atoms with E-state index in [1.165, 1.54) is 0 Å². The number of hydrogen-bond acceptors (Lipinski definition) is 2. The number of imidazole rings is 1. The molecule has 0 bridgehead atoms. The fraction of sp³-hybridized carbons (Fsp3) is 0.400. The van der Waals surface area contributed by atoms with Gasteiger partial charge in [0.05, 0.1) is 21.9 Å². The third-order valence-corrected chi connectivity index (χ3v) is 3.74. The Labute approximate surface area is 129 Å². The van der Waals surface area contributed by atoms with E-state index in [4.69, 9.17) is 23.2 Å². The van der Waals surface area contributed by atoms with Crippen LogP contribution in [0.2, 0.25) is 10.0 Å². The van der Waals surface area contributed by atoms with Crippen molar-refractivity contribution in [3.63, 3.8) is 0 Å². The van der Waals surface area contributed by atoms with E-state index in [0.717, 1.165) is 36.5 Å². The molecular weight excluding hydrogens is 293 g/mol. The number of hydrogen-bond donors (Lipinski definition) is 2. The standard InChI is InChI=1S/C15H19Cl2N3/c1-10(2)18-7-3-4-15-19-9-14(20-15)11-5-6-12(16)13(17)8-11/h5-6,8-10,18H,3-4,7H2,1-2H3,(H,19,20). The lowest BCUT2D eigenvalue weighted by atomic mass is 10.2. The molecule has 1 aromatic heterocycles. The minimum Gasteiger partial charge on any atom is -0.342 e. The van der Waals surface area contributed by atoms with E-state index in [1.807, 2.05) is 18.3 Å². The van der Waals surface area contributed by atoms with Crippen LogP contribution in [0.4, 0.5) is 0 Å².